The van der Waals surface area contributed by atoms with Crippen molar-refractivity contribution in [1.82, 2.24) is 4.57 Å². The van der Waals surface area contributed by atoms with Gasteiger partial charge in [-0.2, -0.15) is 0 Å². The van der Waals surface area contributed by atoms with Gasteiger partial charge in [-0.05, 0) is 233 Å². The molecule has 12 nitrogen and oxygen atoms in total. The fourth-order valence-electron chi connectivity index (χ4n) is 14.6. The van der Waals surface area contributed by atoms with Crippen molar-refractivity contribution in [2.24, 2.45) is 10.2 Å². The number of nitrogens with zero attached hydrogens (tertiary/aromatic N) is 8. The minimum Gasteiger partial charge on any atom is -0.369 e. The van der Waals surface area contributed by atoms with E-state index < -0.39 is 6.23 Å². The molecular formula is C74H58N8O4. The summed E-state index contributed by atoms with van der Waals surface area (Å²) in [7, 11) is 0. The normalized spacial score (nSPS) is 13.9. The lowest BCUT2D eigenvalue weighted by atomic mass is 9.86. The summed E-state index contributed by atoms with van der Waals surface area (Å²) in [6.07, 6.45) is -1.23. The van der Waals surface area contributed by atoms with Gasteiger partial charge in [-0.3, -0.25) is 19.3 Å². The van der Waals surface area contributed by atoms with Gasteiger partial charge in [-0.25, -0.2) is 4.57 Å². The lowest BCUT2D eigenvalue weighted by Crippen LogP contribution is -2.40. The first-order valence-electron chi connectivity index (χ1n) is 29.6. The molecule has 13 aromatic rings. The molecule has 1 amide bonds. The molecule has 0 spiro atoms. The van der Waals surface area contributed by atoms with Crippen LogP contribution in [0.1, 0.15) is 135 Å². The molecule has 418 valence electrons. The first kappa shape index (κ1) is 52.7. The molecule has 2 aliphatic rings. The summed E-state index contributed by atoms with van der Waals surface area (Å²) < 4.78 is 1.39. The Morgan fingerprint density at radius 3 is 1.22 bits per heavy atom. The van der Waals surface area contributed by atoms with Gasteiger partial charge in [0.15, 0.2) is 6.23 Å². The van der Waals surface area contributed by atoms with Crippen molar-refractivity contribution in [2.45, 2.75) is 98.4 Å². The number of fused-ring (bicyclic) bond motifs is 10. The van der Waals surface area contributed by atoms with Crippen molar-refractivity contribution in [2.75, 3.05) is 4.90 Å². The number of anilines is 1. The fourth-order valence-corrected chi connectivity index (χ4v) is 14.6. The summed E-state index contributed by atoms with van der Waals surface area (Å²) >= 11 is 0. The van der Waals surface area contributed by atoms with Crippen molar-refractivity contribution < 1.29 is 9.90 Å². The Hall–Kier alpha value is -10.1. The van der Waals surface area contributed by atoms with Crippen molar-refractivity contribution in [3.63, 3.8) is 0 Å². The SMILES string of the molecule is CC(C)c1cc(CN=[N+]=[N-])cc(C(C)C)c1N1C(=O)c2ccc3c4c(ccc(c24)[C@@H]1O)-c1cc2cc4ccc5cc6cc7c(cc6cc5ccc4cc2cc1-3)c1ccc2c(=O)n(-c3c(C(C)C)cc(CN=[N+]=[N-])cc3C(C)C)c(=O)c3ccc7c1c23. The number of hydrogen-bond donors (Lipinski definition) is 1. The van der Waals surface area contributed by atoms with Crippen LogP contribution in [0.4, 0.5) is 5.69 Å². The zero-order valence-electron chi connectivity index (χ0n) is 48.9. The number of azide groups is 2. The van der Waals surface area contributed by atoms with Crippen LogP contribution < -0.4 is 16.0 Å². The molecule has 1 aromatic heterocycles. The van der Waals surface area contributed by atoms with Crippen LogP contribution >= 0.6 is 0 Å². The molecule has 0 saturated carbocycles. The number of pyridine rings is 1. The monoisotopic (exact) mass is 1120 g/mol. The molecule has 12 heteroatoms. The molecule has 0 saturated heterocycles. The van der Waals surface area contributed by atoms with Crippen LogP contribution in [-0.2, 0) is 13.1 Å². The molecule has 0 fully saturated rings. The highest BCUT2D eigenvalue weighted by Gasteiger charge is 2.40. The summed E-state index contributed by atoms with van der Waals surface area (Å²) in [6.45, 7) is 16.9. The van der Waals surface area contributed by atoms with E-state index in [4.69, 9.17) is 11.1 Å². The quantitative estimate of drug-likeness (QED) is 0.0814. The average molecular weight is 1120 g/mol. The molecule has 86 heavy (non-hydrogen) atoms. The highest BCUT2D eigenvalue weighted by Crippen LogP contribution is 2.54. The van der Waals surface area contributed by atoms with Gasteiger partial charge in [-0.15, -0.1) is 0 Å². The van der Waals surface area contributed by atoms with Gasteiger partial charge < -0.3 is 5.11 Å². The Balaban J connectivity index is 0.821. The lowest BCUT2D eigenvalue weighted by molar-refractivity contribution is 0.0878. The summed E-state index contributed by atoms with van der Waals surface area (Å²) in [5, 5.41) is 37.3. The molecule has 15 rings (SSSR count). The standard InChI is InChI=1S/C74H58N8O4/c1-35(2)57-21-39(33-77-79-75)22-58(36(3)4)69(57)81-71(83)53-17-13-49-61-29-45-25-41-9-11-43-27-47-31-63-51-15-19-55-68-56(74(86)82(73(55)85)70-59(37(5)6)23-40(34-78-80-76)24-60(70)38(7)8)20-16-52(66(51)68)64(63)32-48(47)28-44(43)12-10-42(41)26-46(45)30-62(61)50-14-18-54(72(81)84)67(53)65(49)50/h9-32,35-38,71,83H,33-34H2,1-8H3/t71-/m0/s1. The van der Waals surface area contributed by atoms with Crippen LogP contribution in [0.3, 0.4) is 0 Å². The van der Waals surface area contributed by atoms with E-state index >= 15 is 4.79 Å². The number of aliphatic hydroxyl groups excluding tert-OH is 1. The van der Waals surface area contributed by atoms with Gasteiger partial charge in [-0.1, -0.05) is 144 Å². The molecular weight excluding hydrogens is 1060 g/mol. The maximum Gasteiger partial charge on any atom is 0.266 e. The first-order chi connectivity index (χ1) is 41.5. The molecule has 0 radical (unpaired) electrons. The number of carbonyl (C=O) groups excluding carboxylic acids is 1. The van der Waals surface area contributed by atoms with E-state index in [1.54, 1.807) is 4.90 Å². The number of hydrogen-bond acceptors (Lipinski definition) is 6. The van der Waals surface area contributed by atoms with E-state index in [1.165, 1.54) is 4.57 Å². The minimum atomic E-state index is -1.23. The largest absolute Gasteiger partial charge is 0.369 e. The molecule has 1 N–H and O–H groups in total. The van der Waals surface area contributed by atoms with E-state index in [2.05, 4.69) is 160 Å². The second-order valence-electron chi connectivity index (χ2n) is 24.9. The molecule has 12 aromatic carbocycles. The highest BCUT2D eigenvalue weighted by atomic mass is 16.3. The number of carbonyl (C=O) groups is 1. The van der Waals surface area contributed by atoms with Gasteiger partial charge in [0.25, 0.3) is 17.0 Å². The fraction of sp³-hybridized carbons (Fsp3) is 0.203. The molecule has 0 unspecified atom stereocenters. The molecule has 1 aliphatic carbocycles. The van der Waals surface area contributed by atoms with Crippen molar-refractivity contribution in [3.05, 3.63) is 232 Å². The predicted octanol–water partition coefficient (Wildman–Crippen LogP) is 19.4. The Labute approximate surface area is 493 Å². The van der Waals surface area contributed by atoms with E-state index in [-0.39, 0.29) is 53.8 Å². The zero-order chi connectivity index (χ0) is 59.5. The molecule has 0 bridgehead atoms. The lowest BCUT2D eigenvalue weighted by Gasteiger charge is -2.38. The number of aliphatic hydroxyl groups is 1. The van der Waals surface area contributed by atoms with Gasteiger partial charge in [0.2, 0.25) is 0 Å². The smallest absolute Gasteiger partial charge is 0.266 e. The molecule has 2 heterocycles. The zero-order valence-corrected chi connectivity index (χ0v) is 48.9. The van der Waals surface area contributed by atoms with Crippen LogP contribution in [0.2, 0.25) is 0 Å². The third-order valence-electron chi connectivity index (χ3n) is 18.6. The Morgan fingerprint density at radius 1 is 0.407 bits per heavy atom. The van der Waals surface area contributed by atoms with Crippen LogP contribution in [0.5, 0.6) is 0 Å². The first-order valence-corrected chi connectivity index (χ1v) is 29.6. The summed E-state index contributed by atoms with van der Waals surface area (Å²) in [5.41, 5.74) is 29.6. The number of benzene rings is 10. The highest BCUT2D eigenvalue weighted by molar-refractivity contribution is 6.36. The van der Waals surface area contributed by atoms with Crippen molar-refractivity contribution in [3.8, 4) is 27.9 Å². The Morgan fingerprint density at radius 2 is 0.791 bits per heavy atom. The van der Waals surface area contributed by atoms with Gasteiger partial charge in [0, 0.05) is 42.5 Å². The third-order valence-corrected chi connectivity index (χ3v) is 18.6. The minimum absolute atomic E-state index is 0.0149. The van der Waals surface area contributed by atoms with E-state index in [9.17, 15) is 14.7 Å². The molecule has 1 atom stereocenters. The van der Waals surface area contributed by atoms with Gasteiger partial charge >= 0.3 is 0 Å². The number of rotatable bonds is 10. The number of amides is 1. The second-order valence-corrected chi connectivity index (χ2v) is 24.9. The third kappa shape index (κ3) is 7.56. The Bertz CT molecular complexity index is 5240. The maximum atomic E-state index is 15.0. The van der Waals surface area contributed by atoms with Crippen molar-refractivity contribution >= 4 is 109 Å². The average Bonchev–Trinajstić information content (AvgIpc) is 1.49. The van der Waals surface area contributed by atoms with E-state index in [0.717, 1.165) is 136 Å². The maximum absolute atomic E-state index is 15.0. The van der Waals surface area contributed by atoms with E-state index in [0.29, 0.717) is 38.7 Å². The van der Waals surface area contributed by atoms with Crippen LogP contribution in [0, 0.1) is 0 Å². The van der Waals surface area contributed by atoms with Crippen molar-refractivity contribution in [1.29, 1.82) is 0 Å². The topological polar surface area (TPSA) is 177 Å². The Kier molecular flexibility index (Phi) is 11.8. The van der Waals surface area contributed by atoms with Gasteiger partial charge in [0.1, 0.15) is 0 Å². The van der Waals surface area contributed by atoms with Crippen LogP contribution in [0.25, 0.3) is 146 Å². The van der Waals surface area contributed by atoms with E-state index in [1.807, 2.05) is 60.7 Å². The summed E-state index contributed by atoms with van der Waals surface area (Å²) in [6, 6.07) is 50.8. The summed E-state index contributed by atoms with van der Waals surface area (Å²) in [4.78, 5) is 52.5. The van der Waals surface area contributed by atoms with Gasteiger partial charge in [0.05, 0.1) is 24.5 Å². The van der Waals surface area contributed by atoms with Crippen LogP contribution in [-0.4, -0.2) is 15.6 Å². The second kappa shape index (κ2) is 19.2. The predicted molar refractivity (Wildman–Crippen MR) is 352 cm³/mol. The molecule has 1 aliphatic heterocycles. The number of aromatic nitrogens is 1. The van der Waals surface area contributed by atoms with Crippen LogP contribution in [0.15, 0.2) is 165 Å². The summed E-state index contributed by atoms with van der Waals surface area (Å²) in [5.74, 6) is -0.269.